The van der Waals surface area contributed by atoms with Crippen molar-refractivity contribution in [1.29, 1.82) is 0 Å². The zero-order chi connectivity index (χ0) is 11.4. The molecule has 1 N–H and O–H groups in total. The summed E-state index contributed by atoms with van der Waals surface area (Å²) in [7, 11) is 0. The Bertz CT molecular complexity index is 324. The number of nitrogens with one attached hydrogen (secondary N) is 1. The smallest absolute Gasteiger partial charge is 0.0624 e. The Morgan fingerprint density at radius 1 is 1.44 bits per heavy atom. The van der Waals surface area contributed by atoms with E-state index in [1.807, 2.05) is 0 Å². The number of aryl methyl sites for hydroxylation is 2. The van der Waals surface area contributed by atoms with Crippen molar-refractivity contribution < 1.29 is 0 Å². The molecule has 1 aliphatic rings. The second kappa shape index (κ2) is 5.48. The summed E-state index contributed by atoms with van der Waals surface area (Å²) in [6, 6.07) is 2.26. The normalized spacial score (nSPS) is 21.2. The average molecular weight is 221 g/mol. The van der Waals surface area contributed by atoms with Crippen LogP contribution in [0, 0.1) is 5.92 Å². The molecule has 1 saturated heterocycles. The van der Waals surface area contributed by atoms with Crippen molar-refractivity contribution in [2.75, 3.05) is 13.1 Å². The summed E-state index contributed by atoms with van der Waals surface area (Å²) in [5, 5.41) is 8.15. The van der Waals surface area contributed by atoms with E-state index in [0.717, 1.165) is 31.8 Å². The molecule has 16 heavy (non-hydrogen) atoms. The first-order valence-corrected chi connectivity index (χ1v) is 6.59. The minimum atomic E-state index is 0.767. The summed E-state index contributed by atoms with van der Waals surface area (Å²) >= 11 is 0. The van der Waals surface area contributed by atoms with E-state index in [-0.39, 0.29) is 0 Å². The molecule has 0 spiro atoms. The van der Waals surface area contributed by atoms with Gasteiger partial charge >= 0.3 is 0 Å². The minimum absolute atomic E-state index is 0.767. The number of hydrogen-bond acceptors (Lipinski definition) is 2. The number of rotatable bonds is 4. The van der Waals surface area contributed by atoms with Crippen molar-refractivity contribution in [2.24, 2.45) is 5.92 Å². The summed E-state index contributed by atoms with van der Waals surface area (Å²) in [5.41, 5.74) is 2.63. The Kier molecular flexibility index (Phi) is 3.99. The fourth-order valence-electron chi connectivity index (χ4n) is 2.45. The van der Waals surface area contributed by atoms with Crippen LogP contribution in [0.25, 0.3) is 0 Å². The van der Waals surface area contributed by atoms with Gasteiger partial charge in [-0.2, -0.15) is 5.10 Å². The molecular weight excluding hydrogens is 198 g/mol. The highest BCUT2D eigenvalue weighted by Crippen LogP contribution is 2.15. The van der Waals surface area contributed by atoms with Crippen LogP contribution in [0.5, 0.6) is 0 Å². The third-order valence-electron chi connectivity index (χ3n) is 3.47. The van der Waals surface area contributed by atoms with Crippen LogP contribution in [-0.4, -0.2) is 22.9 Å². The van der Waals surface area contributed by atoms with Crippen LogP contribution < -0.4 is 5.32 Å². The number of piperidine rings is 1. The molecule has 1 aromatic rings. The van der Waals surface area contributed by atoms with Gasteiger partial charge in [0, 0.05) is 12.2 Å². The van der Waals surface area contributed by atoms with E-state index in [4.69, 9.17) is 0 Å². The second-order valence-corrected chi connectivity index (χ2v) is 4.73. The van der Waals surface area contributed by atoms with E-state index in [1.54, 1.807) is 0 Å². The predicted molar refractivity (Wildman–Crippen MR) is 66.6 cm³/mol. The largest absolute Gasteiger partial charge is 0.316 e. The predicted octanol–water partition coefficient (Wildman–Crippen LogP) is 2.01. The molecule has 90 valence electrons. The molecule has 2 rings (SSSR count). The molecule has 3 nitrogen and oxygen atoms in total. The topological polar surface area (TPSA) is 29.9 Å². The fourth-order valence-corrected chi connectivity index (χ4v) is 2.45. The minimum Gasteiger partial charge on any atom is -0.316 e. The Balaban J connectivity index is 2.03. The highest BCUT2D eigenvalue weighted by Gasteiger charge is 2.15. The SMILES string of the molecule is CCc1cc(CC)n(C[C@H]2CCCNC2)n1. The van der Waals surface area contributed by atoms with E-state index in [9.17, 15) is 0 Å². The van der Waals surface area contributed by atoms with E-state index in [2.05, 4.69) is 35.0 Å². The second-order valence-electron chi connectivity index (χ2n) is 4.73. The van der Waals surface area contributed by atoms with Crippen molar-refractivity contribution in [3.8, 4) is 0 Å². The van der Waals surface area contributed by atoms with Gasteiger partial charge in [-0.15, -0.1) is 0 Å². The van der Waals surface area contributed by atoms with Crippen LogP contribution >= 0.6 is 0 Å². The first-order chi connectivity index (χ1) is 7.83. The van der Waals surface area contributed by atoms with E-state index in [0.29, 0.717) is 0 Å². The van der Waals surface area contributed by atoms with Crippen LogP contribution in [0.1, 0.15) is 38.1 Å². The van der Waals surface area contributed by atoms with Crippen LogP contribution in [0.15, 0.2) is 6.07 Å². The molecule has 0 aliphatic carbocycles. The Labute approximate surface area is 98.2 Å². The highest BCUT2D eigenvalue weighted by atomic mass is 15.3. The quantitative estimate of drug-likeness (QED) is 0.843. The lowest BCUT2D eigenvalue weighted by Gasteiger charge is -2.23. The molecule has 1 atom stereocenters. The molecule has 0 aromatic carbocycles. The van der Waals surface area contributed by atoms with E-state index >= 15 is 0 Å². The Morgan fingerprint density at radius 3 is 2.94 bits per heavy atom. The monoisotopic (exact) mass is 221 g/mol. The summed E-state index contributed by atoms with van der Waals surface area (Å²) in [6.07, 6.45) is 4.79. The highest BCUT2D eigenvalue weighted by molar-refractivity contribution is 5.10. The van der Waals surface area contributed by atoms with Gasteiger partial charge < -0.3 is 5.32 Å². The molecular formula is C13H23N3. The van der Waals surface area contributed by atoms with Gasteiger partial charge in [0.1, 0.15) is 0 Å². The Morgan fingerprint density at radius 2 is 2.31 bits per heavy atom. The van der Waals surface area contributed by atoms with Gasteiger partial charge in [-0.25, -0.2) is 0 Å². The molecule has 0 amide bonds. The summed E-state index contributed by atoms with van der Waals surface area (Å²) in [4.78, 5) is 0. The third kappa shape index (κ3) is 2.64. The zero-order valence-electron chi connectivity index (χ0n) is 10.5. The van der Waals surface area contributed by atoms with Crippen molar-refractivity contribution in [2.45, 2.75) is 46.1 Å². The first kappa shape index (κ1) is 11.6. The van der Waals surface area contributed by atoms with Crippen molar-refractivity contribution in [3.63, 3.8) is 0 Å². The van der Waals surface area contributed by atoms with Gasteiger partial charge in [0.15, 0.2) is 0 Å². The number of aromatic nitrogens is 2. The van der Waals surface area contributed by atoms with E-state index in [1.165, 1.54) is 30.8 Å². The summed E-state index contributed by atoms with van der Waals surface area (Å²) < 4.78 is 2.23. The standard InChI is InChI=1S/C13H23N3/c1-3-12-8-13(4-2)16(15-12)10-11-6-5-7-14-9-11/h8,11,14H,3-7,9-10H2,1-2H3/t11-/m0/s1. The van der Waals surface area contributed by atoms with E-state index < -0.39 is 0 Å². The molecule has 2 heterocycles. The molecule has 1 aliphatic heterocycles. The number of nitrogens with zero attached hydrogens (tertiary/aromatic N) is 2. The van der Waals surface area contributed by atoms with Crippen molar-refractivity contribution in [1.82, 2.24) is 15.1 Å². The maximum absolute atomic E-state index is 4.68. The maximum Gasteiger partial charge on any atom is 0.0624 e. The summed E-state index contributed by atoms with van der Waals surface area (Å²) in [6.45, 7) is 7.83. The molecule has 0 bridgehead atoms. The lowest BCUT2D eigenvalue weighted by molar-refractivity contribution is 0.321. The lowest BCUT2D eigenvalue weighted by Crippen LogP contribution is -2.32. The molecule has 1 fully saturated rings. The molecule has 3 heteroatoms. The van der Waals surface area contributed by atoms with Crippen molar-refractivity contribution in [3.05, 3.63) is 17.5 Å². The molecule has 0 unspecified atom stereocenters. The van der Waals surface area contributed by atoms with Crippen LogP contribution in [-0.2, 0) is 19.4 Å². The molecule has 0 radical (unpaired) electrons. The fraction of sp³-hybridized carbons (Fsp3) is 0.769. The lowest BCUT2D eigenvalue weighted by atomic mass is 10.00. The zero-order valence-corrected chi connectivity index (χ0v) is 10.5. The van der Waals surface area contributed by atoms with Crippen LogP contribution in [0.4, 0.5) is 0 Å². The third-order valence-corrected chi connectivity index (χ3v) is 3.47. The van der Waals surface area contributed by atoms with Crippen LogP contribution in [0.2, 0.25) is 0 Å². The van der Waals surface area contributed by atoms with Gasteiger partial charge in [0.05, 0.1) is 5.69 Å². The maximum atomic E-state index is 4.68. The molecule has 0 saturated carbocycles. The van der Waals surface area contributed by atoms with Crippen LogP contribution in [0.3, 0.4) is 0 Å². The van der Waals surface area contributed by atoms with Gasteiger partial charge in [-0.3, -0.25) is 4.68 Å². The first-order valence-electron chi connectivity index (χ1n) is 6.59. The van der Waals surface area contributed by atoms with Crippen molar-refractivity contribution >= 4 is 0 Å². The molecule has 1 aromatic heterocycles. The van der Waals surface area contributed by atoms with Gasteiger partial charge in [-0.1, -0.05) is 13.8 Å². The van der Waals surface area contributed by atoms with Gasteiger partial charge in [0.2, 0.25) is 0 Å². The van der Waals surface area contributed by atoms with Gasteiger partial charge in [-0.05, 0) is 50.8 Å². The average Bonchev–Trinajstić information content (AvgIpc) is 2.73. The van der Waals surface area contributed by atoms with Gasteiger partial charge in [0.25, 0.3) is 0 Å². The summed E-state index contributed by atoms with van der Waals surface area (Å²) in [5.74, 6) is 0.767. The Hall–Kier alpha value is -0.830. The number of hydrogen-bond donors (Lipinski definition) is 1.